The number of para-hydroxylation sites is 3. The molecule has 0 unspecified atom stereocenters. The fraction of sp³-hybridized carbons (Fsp3) is 0.188. The molecule has 0 fully saturated rings. The van der Waals surface area contributed by atoms with Crippen LogP contribution in [0.4, 0.5) is 0 Å². The Morgan fingerprint density at radius 1 is 0.805 bits per heavy atom. The van der Waals surface area contributed by atoms with Crippen LogP contribution in [0, 0.1) is 0 Å². The number of halogens is 1. The number of rotatable bonds is 12. The highest BCUT2D eigenvalue weighted by Gasteiger charge is 2.21. The largest absolute Gasteiger partial charge is 0.493 e. The molecule has 210 valence electrons. The minimum Gasteiger partial charge on any atom is -0.493 e. The van der Waals surface area contributed by atoms with Crippen molar-refractivity contribution in [1.29, 1.82) is 0 Å². The highest BCUT2D eigenvalue weighted by molar-refractivity contribution is 6.17. The van der Waals surface area contributed by atoms with Crippen LogP contribution in [0.25, 0.3) is 21.8 Å². The molecule has 1 heterocycles. The van der Waals surface area contributed by atoms with Crippen LogP contribution in [0.3, 0.4) is 0 Å². The minimum atomic E-state index is -0.615. The second-order valence-electron chi connectivity index (χ2n) is 9.22. The summed E-state index contributed by atoms with van der Waals surface area (Å²) in [6, 6.07) is 27.7. The van der Waals surface area contributed by atoms with Gasteiger partial charge in [0.05, 0.1) is 31.0 Å². The number of nitrogens with zero attached hydrogens (tertiary/aromatic N) is 1. The molecule has 9 heteroatoms. The molecule has 1 N–H and O–H groups in total. The second kappa shape index (κ2) is 13.1. The Morgan fingerprint density at radius 3 is 2.34 bits per heavy atom. The number of hydrogen-bond donors (Lipinski definition) is 1. The number of amides is 1. The van der Waals surface area contributed by atoms with Crippen molar-refractivity contribution in [1.82, 2.24) is 9.88 Å². The third kappa shape index (κ3) is 6.39. The molecule has 0 saturated carbocycles. The van der Waals surface area contributed by atoms with E-state index in [0.717, 1.165) is 21.8 Å². The number of benzene rings is 4. The number of H-pyrrole nitrogens is 1. The Balaban J connectivity index is 1.26. The van der Waals surface area contributed by atoms with Crippen molar-refractivity contribution in [2.75, 3.05) is 26.8 Å². The zero-order valence-corrected chi connectivity index (χ0v) is 23.2. The predicted molar refractivity (Wildman–Crippen MR) is 158 cm³/mol. The van der Waals surface area contributed by atoms with E-state index in [1.54, 1.807) is 48.4 Å². The van der Waals surface area contributed by atoms with Crippen molar-refractivity contribution in [3.05, 3.63) is 102 Å². The van der Waals surface area contributed by atoms with Crippen molar-refractivity contribution in [3.8, 4) is 17.2 Å². The monoisotopic (exact) mass is 572 g/mol. The van der Waals surface area contributed by atoms with Crippen molar-refractivity contribution in [3.63, 3.8) is 0 Å². The average molecular weight is 573 g/mol. The Labute approximate surface area is 242 Å². The smallest absolute Gasteiger partial charge is 0.357 e. The predicted octanol–water partition coefficient (Wildman–Crippen LogP) is 6.52. The van der Waals surface area contributed by atoms with Gasteiger partial charge in [-0.25, -0.2) is 4.79 Å². The van der Waals surface area contributed by atoms with Gasteiger partial charge in [0, 0.05) is 28.9 Å². The molecule has 0 aliphatic heterocycles. The second-order valence-corrected chi connectivity index (χ2v) is 9.49. The summed E-state index contributed by atoms with van der Waals surface area (Å²) < 4.78 is 11.2. The van der Waals surface area contributed by atoms with Gasteiger partial charge in [-0.2, -0.15) is 0 Å². The van der Waals surface area contributed by atoms with E-state index < -0.39 is 5.97 Å². The summed E-state index contributed by atoms with van der Waals surface area (Å²) in [6.45, 7) is 0.490. The van der Waals surface area contributed by atoms with Crippen LogP contribution in [0.1, 0.15) is 22.3 Å². The van der Waals surface area contributed by atoms with Crippen LogP contribution >= 0.6 is 11.6 Å². The molecule has 5 aromatic rings. The highest BCUT2D eigenvalue weighted by Crippen LogP contribution is 2.33. The standard InChI is InChI=1S/C32H29ClN2O6/c1-38-27-14-6-7-15-28(27)39-20-19-35(32(37)23-10-3-2-9-22(23)21-33)18-17-30(36)41-40-29-16-8-13-26-31(29)24-11-4-5-12-25(24)34-26/h2-16,34H,17-21H2,1H3. The number of aromatic amines is 1. The summed E-state index contributed by atoms with van der Waals surface area (Å²) in [4.78, 5) is 41.8. The first-order chi connectivity index (χ1) is 20.1. The highest BCUT2D eigenvalue weighted by atomic mass is 35.5. The zero-order valence-electron chi connectivity index (χ0n) is 22.5. The van der Waals surface area contributed by atoms with Crippen LogP contribution < -0.4 is 14.4 Å². The van der Waals surface area contributed by atoms with Crippen LogP contribution in [-0.4, -0.2) is 48.6 Å². The molecule has 0 spiro atoms. The maximum atomic E-state index is 13.5. The lowest BCUT2D eigenvalue weighted by Crippen LogP contribution is -2.37. The molecule has 8 nitrogen and oxygen atoms in total. The van der Waals surface area contributed by atoms with Crippen molar-refractivity contribution < 1.29 is 28.8 Å². The lowest BCUT2D eigenvalue weighted by Gasteiger charge is -2.23. The first-order valence-corrected chi connectivity index (χ1v) is 13.7. The molecule has 0 aliphatic rings. The molecular formula is C32H29ClN2O6. The molecule has 0 atom stereocenters. The summed E-state index contributed by atoms with van der Waals surface area (Å²) in [5.74, 6) is 0.870. The molecule has 1 amide bonds. The topological polar surface area (TPSA) is 90.1 Å². The number of alkyl halides is 1. The van der Waals surface area contributed by atoms with E-state index in [0.29, 0.717) is 28.4 Å². The van der Waals surface area contributed by atoms with Gasteiger partial charge < -0.3 is 19.4 Å². The number of fused-ring (bicyclic) bond motifs is 3. The SMILES string of the molecule is COc1ccccc1OCCN(CCC(=O)OOc1cccc2[nH]c3ccccc3c12)C(=O)c1ccccc1CCl. The van der Waals surface area contributed by atoms with Gasteiger partial charge in [0.2, 0.25) is 0 Å². The number of carbonyl (C=O) groups is 2. The molecule has 41 heavy (non-hydrogen) atoms. The summed E-state index contributed by atoms with van der Waals surface area (Å²) in [7, 11) is 1.56. The van der Waals surface area contributed by atoms with E-state index in [-0.39, 0.29) is 37.9 Å². The third-order valence-corrected chi connectivity index (χ3v) is 6.96. The van der Waals surface area contributed by atoms with Gasteiger partial charge in [-0.05, 0) is 42.0 Å². The first-order valence-electron chi connectivity index (χ1n) is 13.1. The number of aromatic nitrogens is 1. The lowest BCUT2D eigenvalue weighted by atomic mass is 10.1. The summed E-state index contributed by atoms with van der Waals surface area (Å²) in [6.07, 6.45) is -0.0900. The Morgan fingerprint density at radius 2 is 1.51 bits per heavy atom. The number of carbonyl (C=O) groups excluding carboxylic acids is 2. The van der Waals surface area contributed by atoms with E-state index in [9.17, 15) is 9.59 Å². The zero-order chi connectivity index (χ0) is 28.6. The van der Waals surface area contributed by atoms with E-state index in [1.165, 1.54) is 0 Å². The minimum absolute atomic E-state index is 0.0875. The van der Waals surface area contributed by atoms with E-state index >= 15 is 0 Å². The van der Waals surface area contributed by atoms with E-state index in [1.807, 2.05) is 54.6 Å². The Hall–Kier alpha value is -4.69. The maximum absolute atomic E-state index is 13.5. The van der Waals surface area contributed by atoms with Crippen LogP contribution in [0.2, 0.25) is 0 Å². The molecule has 0 saturated heterocycles. The van der Waals surface area contributed by atoms with Crippen molar-refractivity contribution in [2.24, 2.45) is 0 Å². The maximum Gasteiger partial charge on any atom is 0.357 e. The summed E-state index contributed by atoms with van der Waals surface area (Å²) in [5, 5.41) is 1.78. The molecule has 4 aromatic carbocycles. The number of nitrogens with one attached hydrogen (secondary N) is 1. The molecule has 1 aromatic heterocycles. The lowest BCUT2D eigenvalue weighted by molar-refractivity contribution is -0.213. The molecule has 0 bridgehead atoms. The quantitative estimate of drug-likeness (QED) is 0.104. The van der Waals surface area contributed by atoms with Crippen LogP contribution in [0.15, 0.2) is 91.0 Å². The molecular weight excluding hydrogens is 544 g/mol. The van der Waals surface area contributed by atoms with Gasteiger partial charge >= 0.3 is 5.97 Å². The fourth-order valence-electron chi connectivity index (χ4n) is 4.63. The average Bonchev–Trinajstić information content (AvgIpc) is 3.41. The van der Waals surface area contributed by atoms with Crippen molar-refractivity contribution in [2.45, 2.75) is 12.3 Å². The number of methoxy groups -OCH3 is 1. The molecule has 5 rings (SSSR count). The van der Waals surface area contributed by atoms with Crippen LogP contribution in [-0.2, 0) is 15.6 Å². The van der Waals surface area contributed by atoms with E-state index in [2.05, 4.69) is 4.98 Å². The summed E-state index contributed by atoms with van der Waals surface area (Å²) >= 11 is 6.09. The number of ether oxygens (including phenoxy) is 2. The Kier molecular flexibility index (Phi) is 8.91. The van der Waals surface area contributed by atoms with Gasteiger partial charge in [-0.1, -0.05) is 54.6 Å². The summed E-state index contributed by atoms with van der Waals surface area (Å²) in [5.41, 5.74) is 2.99. The molecule has 0 radical (unpaired) electrons. The first kappa shape index (κ1) is 27.9. The fourth-order valence-corrected chi connectivity index (χ4v) is 4.86. The molecule has 0 aliphatic carbocycles. The van der Waals surface area contributed by atoms with Gasteiger partial charge in [0.25, 0.3) is 5.91 Å². The van der Waals surface area contributed by atoms with Gasteiger partial charge in [0.15, 0.2) is 17.2 Å². The van der Waals surface area contributed by atoms with Gasteiger partial charge in [0.1, 0.15) is 6.61 Å². The number of hydrogen-bond acceptors (Lipinski definition) is 6. The van der Waals surface area contributed by atoms with Crippen molar-refractivity contribution >= 4 is 45.3 Å². The van der Waals surface area contributed by atoms with E-state index in [4.69, 9.17) is 30.8 Å². The van der Waals surface area contributed by atoms with Gasteiger partial charge in [-0.15, -0.1) is 11.6 Å². The Bertz CT molecular complexity index is 1670. The normalized spacial score (nSPS) is 10.9. The third-order valence-electron chi connectivity index (χ3n) is 6.67. The van der Waals surface area contributed by atoms with Gasteiger partial charge in [-0.3, -0.25) is 14.6 Å². The van der Waals surface area contributed by atoms with Crippen LogP contribution in [0.5, 0.6) is 17.2 Å².